The van der Waals surface area contributed by atoms with Gasteiger partial charge in [-0.05, 0) is 55.3 Å². The van der Waals surface area contributed by atoms with Gasteiger partial charge < -0.3 is 4.74 Å². The fourth-order valence-corrected chi connectivity index (χ4v) is 3.80. The quantitative estimate of drug-likeness (QED) is 0.262. The highest BCUT2D eigenvalue weighted by Gasteiger charge is 2.37. The molecule has 1 heterocycles. The van der Waals surface area contributed by atoms with Crippen LogP contribution in [0.3, 0.4) is 0 Å². The van der Waals surface area contributed by atoms with Gasteiger partial charge in [0.05, 0.1) is 12.3 Å². The lowest BCUT2D eigenvalue weighted by molar-refractivity contribution is -0.122. The van der Waals surface area contributed by atoms with E-state index in [1.807, 2.05) is 13.0 Å². The number of carbonyl (C=O) groups is 3. The van der Waals surface area contributed by atoms with E-state index in [1.54, 1.807) is 24.3 Å². The normalized spacial score (nSPS) is 15.3. The highest BCUT2D eigenvalue weighted by molar-refractivity contribution is 9.10. The van der Waals surface area contributed by atoms with E-state index in [1.165, 1.54) is 12.1 Å². The Hall–Kier alpha value is -2.64. The number of rotatable bonds is 8. The summed E-state index contributed by atoms with van der Waals surface area (Å²) in [6.45, 7) is 4.49. The van der Waals surface area contributed by atoms with Gasteiger partial charge in [-0.2, -0.15) is 0 Å². The molecule has 0 bridgehead atoms. The van der Waals surface area contributed by atoms with Crippen LogP contribution in [0.2, 0.25) is 5.02 Å². The van der Waals surface area contributed by atoms with Crippen molar-refractivity contribution in [3.63, 3.8) is 0 Å². The Morgan fingerprint density at radius 1 is 1.09 bits per heavy atom. The first-order valence-electron chi connectivity index (χ1n) is 10.4. The highest BCUT2D eigenvalue weighted by Crippen LogP contribution is 2.29. The number of hydrogen-bond donors (Lipinski definition) is 1. The van der Waals surface area contributed by atoms with Crippen molar-refractivity contribution in [1.29, 1.82) is 0 Å². The summed E-state index contributed by atoms with van der Waals surface area (Å²) in [5.41, 5.74) is 1.48. The van der Waals surface area contributed by atoms with Crippen molar-refractivity contribution in [3.8, 4) is 5.75 Å². The number of hydrogen-bond acceptors (Lipinski definition) is 4. The van der Waals surface area contributed by atoms with Crippen molar-refractivity contribution in [2.75, 3.05) is 11.5 Å². The number of carbonyl (C=O) groups excluding carboxylic acids is 3. The fraction of sp³-hybridized carbons (Fsp3) is 0.292. The van der Waals surface area contributed by atoms with Crippen molar-refractivity contribution < 1.29 is 19.1 Å². The Morgan fingerprint density at radius 3 is 2.59 bits per heavy atom. The summed E-state index contributed by atoms with van der Waals surface area (Å²) < 4.78 is 6.67. The number of urea groups is 1. The zero-order chi connectivity index (χ0) is 23.3. The summed E-state index contributed by atoms with van der Waals surface area (Å²) in [7, 11) is 0. The zero-order valence-corrected chi connectivity index (χ0v) is 20.3. The van der Waals surface area contributed by atoms with Gasteiger partial charge in [0.1, 0.15) is 11.3 Å². The van der Waals surface area contributed by atoms with Crippen LogP contribution in [0.25, 0.3) is 6.08 Å². The zero-order valence-electron chi connectivity index (χ0n) is 17.9. The van der Waals surface area contributed by atoms with Gasteiger partial charge in [-0.25, -0.2) is 9.69 Å². The second-order valence-electron chi connectivity index (χ2n) is 7.48. The Kier molecular flexibility index (Phi) is 8.10. The van der Waals surface area contributed by atoms with Crippen LogP contribution in [0.4, 0.5) is 10.5 Å². The number of halogens is 2. The van der Waals surface area contributed by atoms with Gasteiger partial charge in [0.25, 0.3) is 11.8 Å². The Labute approximate surface area is 200 Å². The number of barbiturate groups is 1. The third-order valence-corrected chi connectivity index (χ3v) is 5.94. The molecule has 0 aliphatic carbocycles. The maximum atomic E-state index is 13.2. The summed E-state index contributed by atoms with van der Waals surface area (Å²) in [6.07, 6.45) is 5.70. The summed E-state index contributed by atoms with van der Waals surface area (Å²) in [5.74, 6) is -0.935. The maximum Gasteiger partial charge on any atom is 0.335 e. The molecule has 1 saturated heterocycles. The topological polar surface area (TPSA) is 75.7 Å². The molecule has 6 nitrogen and oxygen atoms in total. The molecule has 4 amide bonds. The molecule has 1 fully saturated rings. The third kappa shape index (κ3) is 5.58. The van der Waals surface area contributed by atoms with Gasteiger partial charge >= 0.3 is 6.03 Å². The van der Waals surface area contributed by atoms with Gasteiger partial charge in [0.15, 0.2) is 0 Å². The van der Waals surface area contributed by atoms with E-state index in [2.05, 4.69) is 28.2 Å². The second kappa shape index (κ2) is 10.8. The van der Waals surface area contributed by atoms with E-state index in [-0.39, 0.29) is 11.3 Å². The van der Waals surface area contributed by atoms with E-state index in [4.69, 9.17) is 16.3 Å². The standard InChI is InChI=1S/C24H24BrClN2O4/c1-3-4-5-6-11-32-21-10-8-17(25)12-16(21)13-19-22(29)27-24(31)28(23(19)30)18-9-7-15(2)20(26)14-18/h7-10,12-14H,3-6,11H2,1-2H3,(H,27,29,31)/b19-13+. The molecular formula is C24H24BrClN2O4. The van der Waals surface area contributed by atoms with E-state index in [9.17, 15) is 14.4 Å². The Balaban J connectivity index is 1.92. The number of amides is 4. The lowest BCUT2D eigenvalue weighted by Gasteiger charge is -2.26. The minimum atomic E-state index is -0.821. The average Bonchev–Trinajstić information content (AvgIpc) is 2.74. The van der Waals surface area contributed by atoms with Crippen LogP contribution in [0.5, 0.6) is 5.75 Å². The van der Waals surface area contributed by atoms with Crippen LogP contribution in [-0.2, 0) is 9.59 Å². The predicted molar refractivity (Wildman–Crippen MR) is 129 cm³/mol. The first-order valence-corrected chi connectivity index (χ1v) is 11.6. The molecule has 2 aromatic rings. The van der Waals surface area contributed by atoms with Gasteiger partial charge in [-0.15, -0.1) is 0 Å². The van der Waals surface area contributed by atoms with E-state index in [0.717, 1.165) is 40.6 Å². The minimum Gasteiger partial charge on any atom is -0.493 e. The summed E-state index contributed by atoms with van der Waals surface area (Å²) >= 11 is 9.59. The van der Waals surface area contributed by atoms with Gasteiger partial charge in [-0.1, -0.05) is 59.8 Å². The van der Waals surface area contributed by atoms with Crippen LogP contribution in [-0.4, -0.2) is 24.5 Å². The minimum absolute atomic E-state index is 0.171. The van der Waals surface area contributed by atoms with Crippen molar-refractivity contribution in [2.24, 2.45) is 0 Å². The number of ether oxygens (including phenoxy) is 1. The number of benzene rings is 2. The van der Waals surface area contributed by atoms with Gasteiger partial charge in [-0.3, -0.25) is 14.9 Å². The molecule has 0 saturated carbocycles. The van der Waals surface area contributed by atoms with Crippen molar-refractivity contribution in [3.05, 3.63) is 62.6 Å². The van der Waals surface area contributed by atoms with E-state index < -0.39 is 17.8 Å². The maximum absolute atomic E-state index is 13.2. The molecule has 1 N–H and O–H groups in total. The van der Waals surface area contributed by atoms with Crippen LogP contribution in [0.15, 0.2) is 46.4 Å². The Morgan fingerprint density at radius 2 is 1.88 bits per heavy atom. The molecule has 2 aromatic carbocycles. The lowest BCUT2D eigenvalue weighted by atomic mass is 10.1. The Bertz CT molecular complexity index is 1080. The number of nitrogens with zero attached hydrogens (tertiary/aromatic N) is 1. The molecule has 0 spiro atoms. The molecule has 32 heavy (non-hydrogen) atoms. The van der Waals surface area contributed by atoms with Crippen LogP contribution >= 0.6 is 27.5 Å². The van der Waals surface area contributed by atoms with Crippen LogP contribution in [0, 0.1) is 6.92 Å². The smallest absolute Gasteiger partial charge is 0.335 e. The molecule has 0 radical (unpaired) electrons. The summed E-state index contributed by atoms with van der Waals surface area (Å²) in [4.78, 5) is 39.0. The number of imide groups is 2. The predicted octanol–water partition coefficient (Wildman–Crippen LogP) is 6.04. The van der Waals surface area contributed by atoms with Crippen LogP contribution in [0.1, 0.15) is 43.7 Å². The van der Waals surface area contributed by atoms with E-state index in [0.29, 0.717) is 22.9 Å². The number of unbranched alkanes of at least 4 members (excludes halogenated alkanes) is 3. The van der Waals surface area contributed by atoms with Crippen molar-refractivity contribution in [1.82, 2.24) is 5.32 Å². The molecule has 0 aromatic heterocycles. The molecule has 168 valence electrons. The second-order valence-corrected chi connectivity index (χ2v) is 8.81. The number of aryl methyl sites for hydroxylation is 1. The molecule has 0 atom stereocenters. The molecule has 3 rings (SSSR count). The van der Waals surface area contributed by atoms with Crippen molar-refractivity contribution in [2.45, 2.75) is 39.5 Å². The monoisotopic (exact) mass is 518 g/mol. The number of nitrogens with one attached hydrogen (secondary N) is 1. The first kappa shape index (κ1) is 24.0. The lowest BCUT2D eigenvalue weighted by Crippen LogP contribution is -2.54. The summed E-state index contributed by atoms with van der Waals surface area (Å²) in [6, 6.07) is 9.39. The highest BCUT2D eigenvalue weighted by atomic mass is 79.9. The number of anilines is 1. The summed E-state index contributed by atoms with van der Waals surface area (Å²) in [5, 5.41) is 2.64. The van der Waals surface area contributed by atoms with Gasteiger partial charge in [0.2, 0.25) is 0 Å². The molecule has 8 heteroatoms. The molecule has 1 aliphatic rings. The van der Waals surface area contributed by atoms with Crippen LogP contribution < -0.4 is 15.0 Å². The van der Waals surface area contributed by atoms with E-state index >= 15 is 0 Å². The average molecular weight is 520 g/mol. The SMILES string of the molecule is CCCCCCOc1ccc(Br)cc1/C=C1\C(=O)NC(=O)N(c2ccc(C)c(Cl)c2)C1=O. The van der Waals surface area contributed by atoms with Gasteiger partial charge in [0, 0.05) is 15.1 Å². The molecular weight excluding hydrogens is 496 g/mol. The molecule has 0 unspecified atom stereocenters. The fourth-order valence-electron chi connectivity index (χ4n) is 3.24. The third-order valence-electron chi connectivity index (χ3n) is 5.04. The molecule has 1 aliphatic heterocycles. The van der Waals surface area contributed by atoms with Crippen molar-refractivity contribution >= 4 is 57.1 Å². The largest absolute Gasteiger partial charge is 0.493 e. The first-order chi connectivity index (χ1) is 15.3.